The van der Waals surface area contributed by atoms with Crippen LogP contribution in [0.15, 0.2) is 12.1 Å². The number of nitrogens with zero attached hydrogens (tertiary/aromatic N) is 2. The highest BCUT2D eigenvalue weighted by molar-refractivity contribution is 7.16. The molecule has 1 aromatic heterocycles. The van der Waals surface area contributed by atoms with Crippen molar-refractivity contribution in [3.63, 3.8) is 0 Å². The van der Waals surface area contributed by atoms with Gasteiger partial charge in [-0.1, -0.05) is 11.6 Å². The zero-order valence-corrected chi connectivity index (χ0v) is 17.1. The average molecular weight is 415 g/mol. The number of nitrogens with one attached hydrogen (secondary N) is 1. The second-order valence-electron chi connectivity index (χ2n) is 6.62. The van der Waals surface area contributed by atoms with E-state index in [9.17, 15) is 4.79 Å². The second kappa shape index (κ2) is 9.60. The van der Waals surface area contributed by atoms with E-state index in [-0.39, 0.29) is 30.2 Å². The van der Waals surface area contributed by atoms with Gasteiger partial charge in [0.25, 0.3) is 0 Å². The lowest BCUT2D eigenvalue weighted by atomic mass is 9.81. The predicted octanol–water partition coefficient (Wildman–Crippen LogP) is 3.28. The fourth-order valence-corrected chi connectivity index (χ4v) is 4.52. The quantitative estimate of drug-likeness (QED) is 0.824. The predicted molar refractivity (Wildman–Crippen MR) is 106 cm³/mol. The largest absolute Gasteiger partial charge is 0.340 e. The molecule has 1 atom stereocenters. The van der Waals surface area contributed by atoms with E-state index in [0.717, 1.165) is 63.0 Å². The van der Waals surface area contributed by atoms with Crippen molar-refractivity contribution >= 4 is 53.7 Å². The van der Waals surface area contributed by atoms with Crippen molar-refractivity contribution < 1.29 is 4.79 Å². The van der Waals surface area contributed by atoms with Gasteiger partial charge in [0, 0.05) is 44.1 Å². The van der Waals surface area contributed by atoms with Crippen molar-refractivity contribution in [1.82, 2.24) is 15.1 Å². The Morgan fingerprint density at radius 2 is 2.00 bits per heavy atom. The summed E-state index contributed by atoms with van der Waals surface area (Å²) in [6.45, 7) is 8.50. The minimum absolute atomic E-state index is 0. The van der Waals surface area contributed by atoms with Crippen LogP contribution in [0.3, 0.4) is 0 Å². The lowest BCUT2D eigenvalue weighted by Gasteiger charge is -2.41. The van der Waals surface area contributed by atoms with E-state index in [2.05, 4.69) is 28.1 Å². The molecule has 24 heavy (non-hydrogen) atoms. The number of hydrogen-bond donors (Lipinski definition) is 1. The van der Waals surface area contributed by atoms with Gasteiger partial charge < -0.3 is 10.2 Å². The maximum atomic E-state index is 12.8. The normalized spacial score (nSPS) is 24.8. The highest BCUT2D eigenvalue weighted by Gasteiger charge is 2.38. The van der Waals surface area contributed by atoms with Crippen LogP contribution in [0.4, 0.5) is 0 Å². The summed E-state index contributed by atoms with van der Waals surface area (Å²) in [4.78, 5) is 18.6. The van der Waals surface area contributed by atoms with Crippen molar-refractivity contribution in [3.05, 3.63) is 21.3 Å². The van der Waals surface area contributed by atoms with Crippen LogP contribution >= 0.6 is 47.8 Å². The molecule has 0 aliphatic carbocycles. The van der Waals surface area contributed by atoms with Crippen molar-refractivity contribution in [2.24, 2.45) is 5.41 Å². The zero-order chi connectivity index (χ0) is 15.6. The Balaban J connectivity index is 0.00000144. The van der Waals surface area contributed by atoms with Crippen molar-refractivity contribution in [2.75, 3.05) is 39.3 Å². The molecule has 2 fully saturated rings. The van der Waals surface area contributed by atoms with Crippen LogP contribution in [0.5, 0.6) is 0 Å². The molecule has 1 amide bonds. The number of thiophene rings is 1. The van der Waals surface area contributed by atoms with Crippen LogP contribution < -0.4 is 5.32 Å². The van der Waals surface area contributed by atoms with Crippen LogP contribution in [0.1, 0.15) is 24.6 Å². The van der Waals surface area contributed by atoms with Crippen LogP contribution in [0.25, 0.3) is 0 Å². The molecule has 3 rings (SSSR count). The van der Waals surface area contributed by atoms with Gasteiger partial charge in [0.15, 0.2) is 0 Å². The molecular weight excluding hydrogens is 389 g/mol. The Hall–Kier alpha value is -0.0400. The fraction of sp³-hybridized carbons (Fsp3) is 0.688. The maximum absolute atomic E-state index is 12.8. The second-order valence-corrected chi connectivity index (χ2v) is 8.41. The van der Waals surface area contributed by atoms with Gasteiger partial charge in [0.05, 0.1) is 9.75 Å². The highest BCUT2D eigenvalue weighted by atomic mass is 35.5. The third-order valence-electron chi connectivity index (χ3n) is 4.78. The SMILES string of the molecule is CC1(C(=O)N2CCN(Cc3ccc(Cl)s3)CC2)CCCNC1.Cl.Cl. The third-order valence-corrected chi connectivity index (χ3v) is 6.00. The van der Waals surface area contributed by atoms with Gasteiger partial charge >= 0.3 is 0 Å². The molecule has 1 unspecified atom stereocenters. The van der Waals surface area contributed by atoms with Gasteiger partial charge in [-0.2, -0.15) is 0 Å². The first-order valence-electron chi connectivity index (χ1n) is 8.03. The fourth-order valence-electron chi connectivity index (χ4n) is 3.39. The zero-order valence-electron chi connectivity index (χ0n) is 13.9. The Morgan fingerprint density at radius 1 is 1.29 bits per heavy atom. The topological polar surface area (TPSA) is 35.6 Å². The molecule has 0 spiro atoms. The number of piperazine rings is 1. The molecule has 2 aliphatic rings. The standard InChI is InChI=1S/C16H24ClN3OS.2ClH/c1-16(5-2-6-18-12-16)15(21)20-9-7-19(8-10-20)11-13-3-4-14(17)22-13;;/h3-4,18H,2,5-12H2,1H3;2*1H. The van der Waals surface area contributed by atoms with E-state index < -0.39 is 0 Å². The molecule has 138 valence electrons. The molecule has 0 radical (unpaired) electrons. The van der Waals surface area contributed by atoms with Crippen molar-refractivity contribution in [1.29, 1.82) is 0 Å². The molecule has 0 aromatic carbocycles. The third kappa shape index (κ3) is 5.23. The lowest BCUT2D eigenvalue weighted by molar-refractivity contribution is -0.144. The van der Waals surface area contributed by atoms with Crippen molar-refractivity contribution in [3.8, 4) is 0 Å². The molecule has 3 heterocycles. The summed E-state index contributed by atoms with van der Waals surface area (Å²) < 4.78 is 0.849. The summed E-state index contributed by atoms with van der Waals surface area (Å²) >= 11 is 7.63. The minimum Gasteiger partial charge on any atom is -0.340 e. The van der Waals surface area contributed by atoms with E-state index >= 15 is 0 Å². The number of hydrogen-bond acceptors (Lipinski definition) is 4. The van der Waals surface area contributed by atoms with Gasteiger partial charge in [-0.05, 0) is 38.4 Å². The van der Waals surface area contributed by atoms with E-state index in [1.165, 1.54) is 4.88 Å². The Kier molecular flexibility index (Phi) is 8.80. The number of rotatable bonds is 3. The van der Waals surface area contributed by atoms with Gasteiger partial charge in [0.1, 0.15) is 0 Å². The highest BCUT2D eigenvalue weighted by Crippen LogP contribution is 2.29. The Morgan fingerprint density at radius 3 is 2.54 bits per heavy atom. The lowest BCUT2D eigenvalue weighted by Crippen LogP contribution is -2.55. The van der Waals surface area contributed by atoms with Gasteiger partial charge in [-0.15, -0.1) is 36.2 Å². The summed E-state index contributed by atoms with van der Waals surface area (Å²) in [6.07, 6.45) is 2.11. The molecular formula is C16H26Cl3N3OS. The molecule has 0 saturated carbocycles. The molecule has 1 aromatic rings. The van der Waals surface area contributed by atoms with Crippen LogP contribution in [-0.2, 0) is 11.3 Å². The molecule has 0 bridgehead atoms. The first-order valence-corrected chi connectivity index (χ1v) is 9.23. The minimum atomic E-state index is -0.207. The first-order chi connectivity index (χ1) is 10.6. The van der Waals surface area contributed by atoms with Gasteiger partial charge in [0.2, 0.25) is 5.91 Å². The van der Waals surface area contributed by atoms with E-state index in [4.69, 9.17) is 11.6 Å². The average Bonchev–Trinajstić information content (AvgIpc) is 2.93. The number of carbonyl (C=O) groups is 1. The first kappa shape index (κ1) is 22.0. The molecule has 4 nitrogen and oxygen atoms in total. The van der Waals surface area contributed by atoms with Crippen LogP contribution in [0.2, 0.25) is 4.34 Å². The molecule has 8 heteroatoms. The van der Waals surface area contributed by atoms with Crippen LogP contribution in [-0.4, -0.2) is 55.0 Å². The Labute approximate surface area is 165 Å². The van der Waals surface area contributed by atoms with E-state index in [1.54, 1.807) is 11.3 Å². The molecule has 2 aliphatic heterocycles. The smallest absolute Gasteiger partial charge is 0.229 e. The summed E-state index contributed by atoms with van der Waals surface area (Å²) in [7, 11) is 0. The molecule has 2 saturated heterocycles. The monoisotopic (exact) mass is 413 g/mol. The van der Waals surface area contributed by atoms with Crippen molar-refractivity contribution in [2.45, 2.75) is 26.3 Å². The number of piperidine rings is 1. The number of halogens is 3. The summed E-state index contributed by atoms with van der Waals surface area (Å²) in [5, 5.41) is 3.37. The summed E-state index contributed by atoms with van der Waals surface area (Å²) in [5.41, 5.74) is -0.207. The van der Waals surface area contributed by atoms with Gasteiger partial charge in [-0.25, -0.2) is 0 Å². The van der Waals surface area contributed by atoms with E-state index in [0.29, 0.717) is 5.91 Å². The molecule has 1 N–H and O–H groups in total. The summed E-state index contributed by atoms with van der Waals surface area (Å²) in [5.74, 6) is 0.332. The number of carbonyl (C=O) groups excluding carboxylic acids is 1. The summed E-state index contributed by atoms with van der Waals surface area (Å²) in [6, 6.07) is 4.05. The van der Waals surface area contributed by atoms with E-state index in [1.807, 2.05) is 6.07 Å². The Bertz CT molecular complexity index is 526. The number of amides is 1. The maximum Gasteiger partial charge on any atom is 0.229 e. The van der Waals surface area contributed by atoms with Crippen LogP contribution in [0, 0.1) is 5.41 Å². The van der Waals surface area contributed by atoms with Gasteiger partial charge in [-0.3, -0.25) is 9.69 Å².